The number of hydrogen-bond donors (Lipinski definition) is 1. The van der Waals surface area contributed by atoms with Gasteiger partial charge < -0.3 is 10.2 Å². The summed E-state index contributed by atoms with van der Waals surface area (Å²) in [5.74, 6) is 0.0838. The maximum absolute atomic E-state index is 12.8. The molecule has 5 nitrogen and oxygen atoms in total. The first-order valence-corrected chi connectivity index (χ1v) is 9.17. The molecule has 2 heterocycles. The van der Waals surface area contributed by atoms with Crippen LogP contribution in [0.4, 0.5) is 5.69 Å². The van der Waals surface area contributed by atoms with Gasteiger partial charge in [-0.3, -0.25) is 4.79 Å². The van der Waals surface area contributed by atoms with Crippen molar-refractivity contribution in [2.45, 2.75) is 25.8 Å². The van der Waals surface area contributed by atoms with Gasteiger partial charge >= 0.3 is 0 Å². The van der Waals surface area contributed by atoms with Crippen LogP contribution in [0.3, 0.4) is 0 Å². The molecule has 1 aromatic rings. The van der Waals surface area contributed by atoms with Crippen LogP contribution in [0.2, 0.25) is 0 Å². The van der Waals surface area contributed by atoms with Crippen molar-refractivity contribution in [1.29, 1.82) is 0 Å². The quantitative estimate of drug-likeness (QED) is 0.842. The Kier molecular flexibility index (Phi) is 5.02. The first kappa shape index (κ1) is 17.1. The van der Waals surface area contributed by atoms with Crippen molar-refractivity contribution in [3.8, 4) is 0 Å². The Morgan fingerprint density at radius 1 is 1.36 bits per heavy atom. The zero-order chi connectivity index (χ0) is 15.0. The van der Waals surface area contributed by atoms with E-state index in [1.54, 1.807) is 4.90 Å². The number of sulfone groups is 1. The van der Waals surface area contributed by atoms with Gasteiger partial charge in [0.15, 0.2) is 9.84 Å². The van der Waals surface area contributed by atoms with E-state index in [2.05, 4.69) is 5.32 Å². The summed E-state index contributed by atoms with van der Waals surface area (Å²) in [6.45, 7) is 3.03. The summed E-state index contributed by atoms with van der Waals surface area (Å²) >= 11 is 0. The molecule has 0 saturated carbocycles. The summed E-state index contributed by atoms with van der Waals surface area (Å²) in [7, 11) is -3.00. The molecule has 122 valence electrons. The molecule has 0 radical (unpaired) electrons. The number of amides is 1. The molecule has 2 aliphatic heterocycles. The van der Waals surface area contributed by atoms with Crippen molar-refractivity contribution in [3.05, 3.63) is 29.3 Å². The minimum Gasteiger partial charge on any atom is -0.385 e. The molecule has 1 fully saturated rings. The Balaban J connectivity index is 0.00000176. The van der Waals surface area contributed by atoms with E-state index in [0.717, 1.165) is 30.6 Å². The van der Waals surface area contributed by atoms with Crippen molar-refractivity contribution < 1.29 is 13.2 Å². The van der Waals surface area contributed by atoms with E-state index in [1.807, 2.05) is 25.1 Å². The number of fused-ring (bicyclic) bond motifs is 1. The van der Waals surface area contributed by atoms with E-state index in [4.69, 9.17) is 0 Å². The molecule has 1 saturated heterocycles. The second-order valence-corrected chi connectivity index (χ2v) is 8.05. The minimum absolute atomic E-state index is 0. The van der Waals surface area contributed by atoms with Crippen LogP contribution in [-0.2, 0) is 16.3 Å². The standard InChI is InChI=1S/C15H20N2O3S.ClH/c1-11-10-21(19,20)9-8-17(11)15(18)13-4-2-6-14-12(13)5-3-7-16-14;/h2,4,6,11,16H,3,5,7-10H2,1H3;1H. The average molecular weight is 345 g/mol. The maximum atomic E-state index is 12.8. The second kappa shape index (κ2) is 6.46. The lowest BCUT2D eigenvalue weighted by atomic mass is 9.96. The third kappa shape index (κ3) is 3.22. The smallest absolute Gasteiger partial charge is 0.254 e. The molecule has 1 aromatic carbocycles. The van der Waals surface area contributed by atoms with E-state index < -0.39 is 9.84 Å². The van der Waals surface area contributed by atoms with Crippen LogP contribution in [0.15, 0.2) is 18.2 Å². The molecule has 1 N–H and O–H groups in total. The number of carbonyl (C=O) groups excluding carboxylic acids is 1. The molecule has 1 atom stereocenters. The number of benzene rings is 1. The summed E-state index contributed by atoms with van der Waals surface area (Å²) < 4.78 is 23.3. The Bertz CT molecular complexity index is 675. The normalized spacial score (nSPS) is 23.0. The number of rotatable bonds is 1. The van der Waals surface area contributed by atoms with Gasteiger partial charge in [-0.25, -0.2) is 8.42 Å². The maximum Gasteiger partial charge on any atom is 0.254 e. The molecular formula is C15H21ClN2O3S. The molecule has 1 unspecified atom stereocenters. The van der Waals surface area contributed by atoms with E-state index in [1.165, 1.54) is 0 Å². The van der Waals surface area contributed by atoms with Crippen LogP contribution in [0.1, 0.15) is 29.3 Å². The van der Waals surface area contributed by atoms with Gasteiger partial charge in [0, 0.05) is 30.4 Å². The van der Waals surface area contributed by atoms with Gasteiger partial charge in [0.25, 0.3) is 5.91 Å². The molecule has 2 aliphatic rings. The molecule has 0 spiro atoms. The van der Waals surface area contributed by atoms with Crippen molar-refractivity contribution in [1.82, 2.24) is 4.90 Å². The summed E-state index contributed by atoms with van der Waals surface area (Å²) in [6.07, 6.45) is 1.91. The molecular weight excluding hydrogens is 324 g/mol. The highest BCUT2D eigenvalue weighted by atomic mass is 35.5. The molecule has 3 rings (SSSR count). The minimum atomic E-state index is -3.00. The Morgan fingerprint density at radius 3 is 2.86 bits per heavy atom. The molecule has 7 heteroatoms. The largest absolute Gasteiger partial charge is 0.385 e. The van der Waals surface area contributed by atoms with Crippen LogP contribution in [-0.4, -0.2) is 49.9 Å². The highest BCUT2D eigenvalue weighted by molar-refractivity contribution is 7.91. The predicted molar refractivity (Wildman–Crippen MR) is 89.7 cm³/mol. The fourth-order valence-electron chi connectivity index (χ4n) is 3.17. The number of hydrogen-bond acceptors (Lipinski definition) is 4. The monoisotopic (exact) mass is 344 g/mol. The zero-order valence-electron chi connectivity index (χ0n) is 12.5. The van der Waals surface area contributed by atoms with E-state index >= 15 is 0 Å². The highest BCUT2D eigenvalue weighted by Crippen LogP contribution is 2.27. The van der Waals surface area contributed by atoms with Crippen molar-refractivity contribution in [2.24, 2.45) is 0 Å². The average Bonchev–Trinajstić information content (AvgIpc) is 2.45. The SMILES string of the molecule is CC1CS(=O)(=O)CCN1C(=O)c1cccc2c1CCCN2.Cl. The number of carbonyl (C=O) groups is 1. The Morgan fingerprint density at radius 2 is 2.14 bits per heavy atom. The molecule has 1 amide bonds. The predicted octanol–water partition coefficient (Wildman–Crippen LogP) is 1.73. The van der Waals surface area contributed by atoms with Gasteiger partial charge in [-0.2, -0.15) is 0 Å². The van der Waals surface area contributed by atoms with Gasteiger partial charge in [0.05, 0.1) is 11.5 Å². The second-order valence-electron chi connectivity index (χ2n) is 5.82. The third-order valence-electron chi connectivity index (χ3n) is 4.26. The highest BCUT2D eigenvalue weighted by Gasteiger charge is 2.32. The summed E-state index contributed by atoms with van der Waals surface area (Å²) in [5.41, 5.74) is 2.81. The first-order valence-electron chi connectivity index (χ1n) is 7.35. The van der Waals surface area contributed by atoms with Gasteiger partial charge in [0.2, 0.25) is 0 Å². The fourth-order valence-corrected chi connectivity index (χ4v) is 4.72. The van der Waals surface area contributed by atoms with E-state index in [9.17, 15) is 13.2 Å². The third-order valence-corrected chi connectivity index (χ3v) is 6.05. The van der Waals surface area contributed by atoms with E-state index in [-0.39, 0.29) is 35.9 Å². The fraction of sp³-hybridized carbons (Fsp3) is 0.533. The summed E-state index contributed by atoms with van der Waals surface area (Å²) in [6, 6.07) is 5.47. The van der Waals surface area contributed by atoms with Gasteiger partial charge in [-0.15, -0.1) is 12.4 Å². The van der Waals surface area contributed by atoms with Crippen molar-refractivity contribution in [2.75, 3.05) is 29.9 Å². The molecule has 0 aromatic heterocycles. The molecule has 22 heavy (non-hydrogen) atoms. The van der Waals surface area contributed by atoms with Crippen LogP contribution < -0.4 is 5.32 Å². The van der Waals surface area contributed by atoms with Gasteiger partial charge in [-0.05, 0) is 37.5 Å². The lowest BCUT2D eigenvalue weighted by Crippen LogP contribution is -2.50. The Labute approximate surface area is 137 Å². The van der Waals surface area contributed by atoms with Crippen LogP contribution in [0, 0.1) is 0 Å². The van der Waals surface area contributed by atoms with Crippen molar-refractivity contribution >= 4 is 33.8 Å². The molecule has 0 aliphatic carbocycles. The lowest BCUT2D eigenvalue weighted by molar-refractivity contribution is 0.0711. The number of nitrogens with zero attached hydrogens (tertiary/aromatic N) is 1. The van der Waals surface area contributed by atoms with Crippen molar-refractivity contribution in [3.63, 3.8) is 0 Å². The van der Waals surface area contributed by atoms with E-state index in [0.29, 0.717) is 12.1 Å². The van der Waals surface area contributed by atoms with Gasteiger partial charge in [-0.1, -0.05) is 6.07 Å². The number of halogens is 1. The first-order chi connectivity index (χ1) is 9.98. The summed E-state index contributed by atoms with van der Waals surface area (Å²) in [4.78, 5) is 14.5. The Hall–Kier alpha value is -1.27. The van der Waals surface area contributed by atoms with Crippen LogP contribution in [0.5, 0.6) is 0 Å². The van der Waals surface area contributed by atoms with Gasteiger partial charge in [0.1, 0.15) is 0 Å². The number of anilines is 1. The van der Waals surface area contributed by atoms with Crippen LogP contribution >= 0.6 is 12.4 Å². The van der Waals surface area contributed by atoms with Crippen LogP contribution in [0.25, 0.3) is 0 Å². The zero-order valence-corrected chi connectivity index (χ0v) is 14.2. The number of nitrogens with one attached hydrogen (secondary N) is 1. The molecule has 0 bridgehead atoms. The lowest BCUT2D eigenvalue weighted by Gasteiger charge is -2.34. The topological polar surface area (TPSA) is 66.5 Å². The summed E-state index contributed by atoms with van der Waals surface area (Å²) in [5, 5.41) is 3.32.